The molecule has 0 bridgehead atoms. The maximum Gasteiger partial charge on any atom is 0.407 e. The highest BCUT2D eigenvalue weighted by atomic mass is 35.5. The van der Waals surface area contributed by atoms with E-state index < -0.39 is 17.4 Å². The molecule has 1 fully saturated rings. The number of alkyl halides is 1. The molecular formula is C10H20ClFN2O2. The molecule has 16 heavy (non-hydrogen) atoms. The fourth-order valence-electron chi connectivity index (χ4n) is 1.57. The number of halogens is 2. The Morgan fingerprint density at radius 2 is 2.06 bits per heavy atom. The fraction of sp³-hybridized carbons (Fsp3) is 0.900. The molecule has 1 rings (SSSR count). The lowest BCUT2D eigenvalue weighted by Crippen LogP contribution is -2.54. The Bertz CT molecular complexity index is 250. The van der Waals surface area contributed by atoms with Crippen LogP contribution in [-0.2, 0) is 4.74 Å². The van der Waals surface area contributed by atoms with Crippen LogP contribution in [0, 0.1) is 0 Å². The van der Waals surface area contributed by atoms with Gasteiger partial charge in [0.1, 0.15) is 11.3 Å². The molecule has 3 N–H and O–H groups in total. The zero-order valence-corrected chi connectivity index (χ0v) is 10.7. The van der Waals surface area contributed by atoms with Gasteiger partial charge in [-0.05, 0) is 33.6 Å². The number of alkyl carbamates (subject to hydrolysis) is 1. The maximum absolute atomic E-state index is 13.6. The Balaban J connectivity index is 0.00000225. The molecule has 0 spiro atoms. The Morgan fingerprint density at radius 3 is 2.44 bits per heavy atom. The molecule has 96 valence electrons. The molecule has 6 heteroatoms. The Morgan fingerprint density at radius 1 is 1.56 bits per heavy atom. The third-order valence-corrected chi connectivity index (χ3v) is 2.20. The zero-order valence-electron chi connectivity index (χ0n) is 9.88. The number of amides is 1. The fourth-order valence-corrected chi connectivity index (χ4v) is 1.57. The topological polar surface area (TPSA) is 64.3 Å². The Hall–Kier alpha value is -0.550. The van der Waals surface area contributed by atoms with Crippen molar-refractivity contribution in [3.8, 4) is 0 Å². The highest BCUT2D eigenvalue weighted by Gasteiger charge is 2.43. The summed E-state index contributed by atoms with van der Waals surface area (Å²) in [7, 11) is 0. The van der Waals surface area contributed by atoms with Crippen LogP contribution in [0.2, 0.25) is 0 Å². The average molecular weight is 255 g/mol. The van der Waals surface area contributed by atoms with Crippen molar-refractivity contribution in [1.29, 1.82) is 0 Å². The monoisotopic (exact) mass is 254 g/mol. The first-order valence-electron chi connectivity index (χ1n) is 5.12. The van der Waals surface area contributed by atoms with Crippen LogP contribution in [0.5, 0.6) is 0 Å². The van der Waals surface area contributed by atoms with Crippen LogP contribution in [-0.4, -0.2) is 29.9 Å². The Labute approximate surface area is 102 Å². The molecule has 0 aliphatic heterocycles. The average Bonchev–Trinajstić information content (AvgIpc) is 1.95. The van der Waals surface area contributed by atoms with E-state index in [2.05, 4.69) is 5.32 Å². The van der Waals surface area contributed by atoms with Gasteiger partial charge < -0.3 is 15.8 Å². The second kappa shape index (κ2) is 5.19. The van der Waals surface area contributed by atoms with Crippen molar-refractivity contribution in [2.24, 2.45) is 5.73 Å². The first kappa shape index (κ1) is 15.4. The van der Waals surface area contributed by atoms with Crippen molar-refractivity contribution in [3.05, 3.63) is 0 Å². The standard InChI is InChI=1S/C10H19FN2O2.ClH/c1-9(2,3)15-8(14)13-6-10(11)4-7(12)5-10;/h7H,4-6,12H2,1-3H3,(H,13,14);1H. The summed E-state index contributed by atoms with van der Waals surface area (Å²) in [6, 6.07) is -0.0737. The van der Waals surface area contributed by atoms with Gasteiger partial charge >= 0.3 is 6.09 Å². The molecule has 0 unspecified atom stereocenters. The van der Waals surface area contributed by atoms with Crippen LogP contribution in [0.25, 0.3) is 0 Å². The van der Waals surface area contributed by atoms with Crippen LogP contribution in [0.4, 0.5) is 9.18 Å². The highest BCUT2D eigenvalue weighted by molar-refractivity contribution is 5.85. The molecule has 1 saturated carbocycles. The molecule has 4 nitrogen and oxygen atoms in total. The number of carbonyl (C=O) groups is 1. The smallest absolute Gasteiger partial charge is 0.407 e. The third-order valence-electron chi connectivity index (χ3n) is 2.20. The van der Waals surface area contributed by atoms with E-state index in [1.165, 1.54) is 0 Å². The van der Waals surface area contributed by atoms with Crippen molar-refractivity contribution in [3.63, 3.8) is 0 Å². The van der Waals surface area contributed by atoms with E-state index >= 15 is 0 Å². The van der Waals surface area contributed by atoms with Gasteiger partial charge in [0.15, 0.2) is 0 Å². The van der Waals surface area contributed by atoms with Gasteiger partial charge in [-0.3, -0.25) is 0 Å². The maximum atomic E-state index is 13.6. The van der Waals surface area contributed by atoms with Crippen molar-refractivity contribution >= 4 is 18.5 Å². The van der Waals surface area contributed by atoms with Crippen LogP contribution in [0.1, 0.15) is 33.6 Å². The van der Waals surface area contributed by atoms with Gasteiger partial charge in [-0.15, -0.1) is 12.4 Å². The predicted molar refractivity (Wildman–Crippen MR) is 62.5 cm³/mol. The molecule has 0 aromatic heterocycles. The molecule has 0 heterocycles. The van der Waals surface area contributed by atoms with Crippen molar-refractivity contribution in [1.82, 2.24) is 5.32 Å². The summed E-state index contributed by atoms with van der Waals surface area (Å²) < 4.78 is 18.6. The Kier molecular flexibility index (Phi) is 5.01. The highest BCUT2D eigenvalue weighted by Crippen LogP contribution is 2.34. The lowest BCUT2D eigenvalue weighted by Gasteiger charge is -2.39. The zero-order chi connectivity index (χ0) is 11.7. The largest absolute Gasteiger partial charge is 0.444 e. The SMILES string of the molecule is CC(C)(C)OC(=O)NCC1(F)CC(N)C1.Cl. The summed E-state index contributed by atoms with van der Waals surface area (Å²) in [4.78, 5) is 11.2. The molecule has 0 saturated heterocycles. The third kappa shape index (κ3) is 4.99. The van der Waals surface area contributed by atoms with Gasteiger partial charge in [0, 0.05) is 6.04 Å². The molecule has 0 atom stereocenters. The molecule has 0 aromatic carbocycles. The lowest BCUT2D eigenvalue weighted by molar-refractivity contribution is 0.0258. The van der Waals surface area contributed by atoms with E-state index in [-0.39, 0.29) is 25.0 Å². The van der Waals surface area contributed by atoms with Gasteiger partial charge in [-0.25, -0.2) is 9.18 Å². The number of nitrogens with one attached hydrogen (secondary N) is 1. The first-order valence-corrected chi connectivity index (χ1v) is 5.12. The number of hydrogen-bond acceptors (Lipinski definition) is 3. The molecule has 1 aliphatic rings. The van der Waals surface area contributed by atoms with E-state index in [0.29, 0.717) is 12.8 Å². The van der Waals surface area contributed by atoms with Crippen molar-refractivity contribution in [2.75, 3.05) is 6.54 Å². The van der Waals surface area contributed by atoms with E-state index in [1.807, 2.05) is 0 Å². The van der Waals surface area contributed by atoms with Gasteiger partial charge in [0.05, 0.1) is 6.54 Å². The summed E-state index contributed by atoms with van der Waals surface area (Å²) in [5, 5.41) is 2.41. The van der Waals surface area contributed by atoms with E-state index in [1.54, 1.807) is 20.8 Å². The summed E-state index contributed by atoms with van der Waals surface area (Å²) in [5.74, 6) is 0. The van der Waals surface area contributed by atoms with Crippen LogP contribution < -0.4 is 11.1 Å². The summed E-state index contributed by atoms with van der Waals surface area (Å²) in [6.07, 6.45) is 0.0333. The summed E-state index contributed by atoms with van der Waals surface area (Å²) in [6.45, 7) is 5.26. The first-order chi connectivity index (χ1) is 6.70. The van der Waals surface area contributed by atoms with Gasteiger partial charge in [-0.2, -0.15) is 0 Å². The van der Waals surface area contributed by atoms with E-state index in [0.717, 1.165) is 0 Å². The van der Waals surface area contributed by atoms with Gasteiger partial charge in [0.2, 0.25) is 0 Å². The predicted octanol–water partition coefficient (Wildman–Crippen LogP) is 1.76. The molecule has 1 aliphatic carbocycles. The molecule has 0 radical (unpaired) electrons. The van der Waals surface area contributed by atoms with Gasteiger partial charge in [-0.1, -0.05) is 0 Å². The minimum atomic E-state index is -1.34. The number of nitrogens with two attached hydrogens (primary N) is 1. The number of hydrogen-bond donors (Lipinski definition) is 2. The number of ether oxygens (including phenoxy) is 1. The molecular weight excluding hydrogens is 235 g/mol. The van der Waals surface area contributed by atoms with Crippen LogP contribution in [0.15, 0.2) is 0 Å². The van der Waals surface area contributed by atoms with Crippen LogP contribution in [0.3, 0.4) is 0 Å². The minimum Gasteiger partial charge on any atom is -0.444 e. The van der Waals surface area contributed by atoms with Crippen molar-refractivity contribution < 1.29 is 13.9 Å². The van der Waals surface area contributed by atoms with Gasteiger partial charge in [0.25, 0.3) is 0 Å². The second-order valence-corrected chi connectivity index (χ2v) is 5.17. The summed E-state index contributed by atoms with van der Waals surface area (Å²) in [5.41, 5.74) is 3.59. The lowest BCUT2D eigenvalue weighted by atomic mass is 9.78. The molecule has 0 aromatic rings. The minimum absolute atomic E-state index is 0. The van der Waals surface area contributed by atoms with Crippen molar-refractivity contribution in [2.45, 2.75) is 50.9 Å². The molecule has 1 amide bonds. The number of carbonyl (C=O) groups excluding carboxylic acids is 1. The van der Waals surface area contributed by atoms with E-state index in [4.69, 9.17) is 10.5 Å². The van der Waals surface area contributed by atoms with Crippen LogP contribution >= 0.6 is 12.4 Å². The summed E-state index contributed by atoms with van der Waals surface area (Å²) >= 11 is 0. The normalized spacial score (nSPS) is 28.7. The van der Waals surface area contributed by atoms with E-state index in [9.17, 15) is 9.18 Å². The second-order valence-electron chi connectivity index (χ2n) is 5.17. The quantitative estimate of drug-likeness (QED) is 0.789. The number of rotatable bonds is 2.